The van der Waals surface area contributed by atoms with Gasteiger partial charge in [0.2, 0.25) is 0 Å². The van der Waals surface area contributed by atoms with E-state index in [2.05, 4.69) is 16.9 Å². The molecule has 1 saturated heterocycles. The monoisotopic (exact) mass is 238 g/mol. The number of ether oxygens (including phenoxy) is 1. The van der Waals surface area contributed by atoms with Crippen molar-refractivity contribution < 1.29 is 4.74 Å². The van der Waals surface area contributed by atoms with Gasteiger partial charge in [-0.15, -0.1) is 0 Å². The van der Waals surface area contributed by atoms with Crippen molar-refractivity contribution in [1.82, 2.24) is 14.5 Å². The molecule has 0 spiro atoms. The highest BCUT2D eigenvalue weighted by molar-refractivity contribution is 4.91. The van der Waals surface area contributed by atoms with Gasteiger partial charge < -0.3 is 15.0 Å². The van der Waals surface area contributed by atoms with Crippen molar-refractivity contribution in [2.75, 3.05) is 26.8 Å². The minimum atomic E-state index is 0.271. The third-order valence-electron chi connectivity index (χ3n) is 3.41. The van der Waals surface area contributed by atoms with Crippen molar-refractivity contribution in [3.8, 4) is 0 Å². The molecule has 0 radical (unpaired) electrons. The van der Waals surface area contributed by atoms with Crippen LogP contribution in [0.25, 0.3) is 0 Å². The molecule has 0 aliphatic carbocycles. The van der Waals surface area contributed by atoms with Crippen molar-refractivity contribution in [2.24, 2.45) is 18.7 Å². The zero-order chi connectivity index (χ0) is 12.3. The zero-order valence-electron chi connectivity index (χ0n) is 10.7. The van der Waals surface area contributed by atoms with Gasteiger partial charge in [0.25, 0.3) is 0 Å². The Balaban J connectivity index is 1.84. The van der Waals surface area contributed by atoms with Gasteiger partial charge in [-0.1, -0.05) is 0 Å². The molecular weight excluding hydrogens is 216 g/mol. The van der Waals surface area contributed by atoms with Crippen LogP contribution in [0.5, 0.6) is 0 Å². The number of aromatic nitrogens is 2. The summed E-state index contributed by atoms with van der Waals surface area (Å²) in [7, 11) is 4.13. The summed E-state index contributed by atoms with van der Waals surface area (Å²) < 4.78 is 7.53. The maximum Gasteiger partial charge on any atom is 0.122 e. The Hall–Kier alpha value is -0.910. The predicted octanol–water partition coefficient (Wildman–Crippen LogP) is 0.216. The molecule has 17 heavy (non-hydrogen) atoms. The summed E-state index contributed by atoms with van der Waals surface area (Å²) in [6.07, 6.45) is 4.78. The lowest BCUT2D eigenvalue weighted by molar-refractivity contribution is 0.0282. The molecule has 0 saturated carbocycles. The van der Waals surface area contributed by atoms with Gasteiger partial charge in [-0.2, -0.15) is 0 Å². The Labute approximate surface area is 103 Å². The number of nitrogens with two attached hydrogens (primary N) is 1. The molecule has 0 amide bonds. The summed E-state index contributed by atoms with van der Waals surface area (Å²) in [4.78, 5) is 6.59. The van der Waals surface area contributed by atoms with E-state index in [9.17, 15) is 0 Å². The van der Waals surface area contributed by atoms with Crippen LogP contribution in [-0.2, 0) is 18.3 Å². The predicted molar refractivity (Wildman–Crippen MR) is 66.4 cm³/mol. The highest BCUT2D eigenvalue weighted by atomic mass is 16.5. The van der Waals surface area contributed by atoms with E-state index in [1.165, 1.54) is 0 Å². The molecule has 96 valence electrons. The van der Waals surface area contributed by atoms with Gasteiger partial charge in [0.15, 0.2) is 0 Å². The molecule has 2 rings (SSSR count). The van der Waals surface area contributed by atoms with Gasteiger partial charge in [-0.3, -0.25) is 4.90 Å². The van der Waals surface area contributed by atoms with Crippen LogP contribution in [0.1, 0.15) is 12.2 Å². The maximum absolute atomic E-state index is 6.10. The number of nitrogens with zero attached hydrogens (tertiary/aromatic N) is 3. The SMILES string of the molecule is CN(Cc1nccn1C)CC1COCCC1N. The second-order valence-corrected chi connectivity index (χ2v) is 4.94. The molecule has 5 nitrogen and oxygen atoms in total. The van der Waals surface area contributed by atoms with Crippen LogP contribution in [-0.4, -0.2) is 47.3 Å². The van der Waals surface area contributed by atoms with E-state index in [0.717, 1.165) is 38.5 Å². The van der Waals surface area contributed by atoms with E-state index in [1.54, 1.807) is 0 Å². The van der Waals surface area contributed by atoms with Gasteiger partial charge in [0, 0.05) is 44.6 Å². The lowest BCUT2D eigenvalue weighted by Crippen LogP contribution is -2.44. The van der Waals surface area contributed by atoms with E-state index in [4.69, 9.17) is 10.5 Å². The molecular formula is C12H22N4O. The first-order valence-corrected chi connectivity index (χ1v) is 6.15. The number of imidazole rings is 1. The Morgan fingerprint density at radius 2 is 2.47 bits per heavy atom. The smallest absolute Gasteiger partial charge is 0.122 e. The van der Waals surface area contributed by atoms with Gasteiger partial charge in [-0.05, 0) is 13.5 Å². The van der Waals surface area contributed by atoms with Gasteiger partial charge in [0.05, 0.1) is 13.2 Å². The summed E-state index contributed by atoms with van der Waals surface area (Å²) >= 11 is 0. The normalized spacial score (nSPS) is 25.4. The number of hydrogen-bond acceptors (Lipinski definition) is 4. The first-order valence-electron chi connectivity index (χ1n) is 6.15. The highest BCUT2D eigenvalue weighted by Crippen LogP contribution is 2.14. The molecule has 1 aromatic rings. The Kier molecular flexibility index (Phi) is 4.15. The van der Waals surface area contributed by atoms with Crippen LogP contribution in [0, 0.1) is 5.92 Å². The fourth-order valence-electron chi connectivity index (χ4n) is 2.26. The standard InChI is InChI=1S/C12H22N4O/c1-15(8-12-14-4-5-16(12)2)7-10-9-17-6-3-11(10)13/h4-5,10-11H,3,6-9,13H2,1-2H3. The number of rotatable bonds is 4. The molecule has 5 heteroatoms. The van der Waals surface area contributed by atoms with Crippen molar-refractivity contribution >= 4 is 0 Å². The summed E-state index contributed by atoms with van der Waals surface area (Å²) in [6.45, 7) is 3.41. The fraction of sp³-hybridized carbons (Fsp3) is 0.750. The quantitative estimate of drug-likeness (QED) is 0.815. The molecule has 2 heterocycles. The molecule has 1 aliphatic heterocycles. The molecule has 1 aliphatic rings. The fourth-order valence-corrected chi connectivity index (χ4v) is 2.26. The largest absolute Gasteiger partial charge is 0.381 e. The van der Waals surface area contributed by atoms with E-state index >= 15 is 0 Å². The number of aryl methyl sites for hydroxylation is 1. The minimum absolute atomic E-state index is 0.271. The van der Waals surface area contributed by atoms with Crippen LogP contribution in [0.3, 0.4) is 0 Å². The van der Waals surface area contributed by atoms with Crippen LogP contribution >= 0.6 is 0 Å². The van der Waals surface area contributed by atoms with Gasteiger partial charge in [0.1, 0.15) is 5.82 Å². The summed E-state index contributed by atoms with van der Waals surface area (Å²) in [5, 5.41) is 0. The third kappa shape index (κ3) is 3.28. The lowest BCUT2D eigenvalue weighted by Gasteiger charge is -2.31. The van der Waals surface area contributed by atoms with Crippen LogP contribution in [0.15, 0.2) is 12.4 Å². The molecule has 0 bridgehead atoms. The van der Waals surface area contributed by atoms with E-state index < -0.39 is 0 Å². The maximum atomic E-state index is 6.10. The van der Waals surface area contributed by atoms with E-state index in [-0.39, 0.29) is 6.04 Å². The van der Waals surface area contributed by atoms with Crippen LogP contribution < -0.4 is 5.73 Å². The lowest BCUT2D eigenvalue weighted by atomic mass is 9.96. The molecule has 2 atom stereocenters. The average molecular weight is 238 g/mol. The van der Waals surface area contributed by atoms with Crippen LogP contribution in [0.4, 0.5) is 0 Å². The van der Waals surface area contributed by atoms with E-state index in [0.29, 0.717) is 5.92 Å². The highest BCUT2D eigenvalue weighted by Gasteiger charge is 2.23. The van der Waals surface area contributed by atoms with Crippen molar-refractivity contribution in [1.29, 1.82) is 0 Å². The summed E-state index contributed by atoms with van der Waals surface area (Å²) in [5.74, 6) is 1.52. The third-order valence-corrected chi connectivity index (χ3v) is 3.41. The summed E-state index contributed by atoms with van der Waals surface area (Å²) in [6, 6.07) is 0.271. The molecule has 2 unspecified atom stereocenters. The number of hydrogen-bond donors (Lipinski definition) is 1. The molecule has 1 fully saturated rings. The average Bonchev–Trinajstić information content (AvgIpc) is 2.68. The molecule has 2 N–H and O–H groups in total. The Bertz CT molecular complexity index is 352. The first kappa shape index (κ1) is 12.5. The first-order chi connectivity index (χ1) is 8.16. The van der Waals surface area contributed by atoms with Crippen molar-refractivity contribution in [3.05, 3.63) is 18.2 Å². The van der Waals surface area contributed by atoms with Crippen LogP contribution in [0.2, 0.25) is 0 Å². The second-order valence-electron chi connectivity index (χ2n) is 4.94. The molecule has 1 aromatic heterocycles. The zero-order valence-corrected chi connectivity index (χ0v) is 10.7. The summed E-state index contributed by atoms with van der Waals surface area (Å²) in [5.41, 5.74) is 6.10. The molecule has 0 aromatic carbocycles. The Morgan fingerprint density at radius 3 is 3.12 bits per heavy atom. The Morgan fingerprint density at radius 1 is 1.65 bits per heavy atom. The van der Waals surface area contributed by atoms with Gasteiger partial charge >= 0.3 is 0 Å². The van der Waals surface area contributed by atoms with Crippen molar-refractivity contribution in [2.45, 2.75) is 19.0 Å². The van der Waals surface area contributed by atoms with E-state index in [1.807, 2.05) is 24.0 Å². The van der Waals surface area contributed by atoms with Gasteiger partial charge in [-0.25, -0.2) is 4.98 Å². The minimum Gasteiger partial charge on any atom is -0.381 e. The second kappa shape index (κ2) is 5.62. The van der Waals surface area contributed by atoms with Crippen molar-refractivity contribution in [3.63, 3.8) is 0 Å². The topological polar surface area (TPSA) is 56.3 Å².